The highest BCUT2D eigenvalue weighted by molar-refractivity contribution is 7.72. The topological polar surface area (TPSA) is 94.1 Å². The fourth-order valence-electron chi connectivity index (χ4n) is 2.51. The van der Waals surface area contributed by atoms with Gasteiger partial charge in [0.15, 0.2) is 5.82 Å². The Kier molecular flexibility index (Phi) is 6.27. The molecule has 0 aliphatic carbocycles. The molecule has 1 N–H and O–H groups in total. The minimum Gasteiger partial charge on any atom is -0.405 e. The largest absolute Gasteiger partial charge is 0.573 e. The lowest BCUT2D eigenvalue weighted by Gasteiger charge is -2.12. The van der Waals surface area contributed by atoms with Gasteiger partial charge < -0.3 is 10.1 Å². The first-order chi connectivity index (χ1) is 13.8. The molecule has 0 amide bonds. The van der Waals surface area contributed by atoms with Crippen LogP contribution in [0.2, 0.25) is 0 Å². The predicted octanol–water partition coefficient (Wildman–Crippen LogP) is 3.33. The minimum absolute atomic E-state index is 0.00172. The number of ether oxygens (including phenoxy) is 1. The normalized spacial score (nSPS) is 11.4. The Bertz CT molecular complexity index is 1070. The standard InChI is InChI=1S/C18H15F3N4O3S/c19-18(20,21)28-15-7-2-1-6-14(15)16-22-11-23-17(25-16)24-13-5-3-4-12(10-13)8-9-29(26)27/h1-7,10-11,29H,8-9H2,(H,22,23,24,25). The summed E-state index contributed by atoms with van der Waals surface area (Å²) in [6.07, 6.45) is -3.32. The van der Waals surface area contributed by atoms with Crippen molar-refractivity contribution < 1.29 is 26.3 Å². The number of rotatable bonds is 7. The van der Waals surface area contributed by atoms with Crippen molar-refractivity contribution in [2.45, 2.75) is 12.8 Å². The van der Waals surface area contributed by atoms with Crippen LogP contribution in [0.15, 0.2) is 54.9 Å². The van der Waals surface area contributed by atoms with Crippen LogP contribution in [-0.4, -0.2) is 35.5 Å². The van der Waals surface area contributed by atoms with Gasteiger partial charge in [0.1, 0.15) is 22.8 Å². The first-order valence-corrected chi connectivity index (χ1v) is 9.68. The summed E-state index contributed by atoms with van der Waals surface area (Å²) in [6.45, 7) is 0. The summed E-state index contributed by atoms with van der Waals surface area (Å²) in [5.74, 6) is -0.276. The van der Waals surface area contributed by atoms with Gasteiger partial charge in [-0.15, -0.1) is 13.2 Å². The third-order valence-electron chi connectivity index (χ3n) is 3.69. The maximum absolute atomic E-state index is 12.6. The molecule has 0 bridgehead atoms. The number of para-hydroxylation sites is 1. The van der Waals surface area contributed by atoms with E-state index in [0.717, 1.165) is 5.56 Å². The number of aryl methyl sites for hydroxylation is 1. The van der Waals surface area contributed by atoms with Crippen LogP contribution in [0.3, 0.4) is 0 Å². The van der Waals surface area contributed by atoms with E-state index in [2.05, 4.69) is 25.0 Å². The molecule has 0 fully saturated rings. The highest BCUT2D eigenvalue weighted by Gasteiger charge is 2.32. The van der Waals surface area contributed by atoms with Crippen LogP contribution in [-0.2, 0) is 17.1 Å². The number of alkyl halides is 3. The molecule has 2 aromatic carbocycles. The Hall–Kier alpha value is -3.21. The third kappa shape index (κ3) is 6.14. The van der Waals surface area contributed by atoms with E-state index in [0.29, 0.717) is 12.1 Å². The zero-order chi connectivity index (χ0) is 20.9. The number of anilines is 2. The second kappa shape index (κ2) is 8.86. The third-order valence-corrected chi connectivity index (χ3v) is 4.28. The van der Waals surface area contributed by atoms with Crippen molar-refractivity contribution in [1.29, 1.82) is 0 Å². The van der Waals surface area contributed by atoms with Crippen LogP contribution in [0.25, 0.3) is 11.4 Å². The van der Waals surface area contributed by atoms with E-state index < -0.39 is 22.8 Å². The number of hydrogen-bond acceptors (Lipinski definition) is 7. The molecule has 0 spiro atoms. The zero-order valence-corrected chi connectivity index (χ0v) is 15.7. The molecule has 3 rings (SSSR count). The molecule has 0 aliphatic heterocycles. The molecule has 3 aromatic rings. The number of aromatic nitrogens is 3. The summed E-state index contributed by atoms with van der Waals surface area (Å²) >= 11 is 0. The molecule has 11 heteroatoms. The lowest BCUT2D eigenvalue weighted by molar-refractivity contribution is -0.274. The molecule has 0 aliphatic rings. The van der Waals surface area contributed by atoms with Crippen LogP contribution in [0.1, 0.15) is 5.56 Å². The number of nitrogens with one attached hydrogen (secondary N) is 1. The number of thiol groups is 1. The smallest absolute Gasteiger partial charge is 0.405 e. The first kappa shape index (κ1) is 20.5. The van der Waals surface area contributed by atoms with Crippen molar-refractivity contribution in [3.63, 3.8) is 0 Å². The average Bonchev–Trinajstić information content (AvgIpc) is 2.66. The molecule has 0 saturated carbocycles. The number of halogens is 3. The number of benzene rings is 2. The second-order valence-corrected chi connectivity index (χ2v) is 6.92. The van der Waals surface area contributed by atoms with Crippen LogP contribution in [0.4, 0.5) is 24.8 Å². The van der Waals surface area contributed by atoms with Gasteiger partial charge in [0.25, 0.3) is 0 Å². The van der Waals surface area contributed by atoms with Gasteiger partial charge in [0.05, 0.1) is 11.3 Å². The van der Waals surface area contributed by atoms with Gasteiger partial charge in [0, 0.05) is 5.69 Å². The molecule has 0 atom stereocenters. The van der Waals surface area contributed by atoms with E-state index in [1.807, 2.05) is 0 Å². The molecule has 0 saturated heterocycles. The maximum atomic E-state index is 12.6. The molecule has 7 nitrogen and oxygen atoms in total. The van der Waals surface area contributed by atoms with E-state index in [-0.39, 0.29) is 23.1 Å². The van der Waals surface area contributed by atoms with Gasteiger partial charge in [-0.3, -0.25) is 0 Å². The van der Waals surface area contributed by atoms with E-state index in [9.17, 15) is 21.6 Å². The van der Waals surface area contributed by atoms with Gasteiger partial charge in [-0.25, -0.2) is 18.4 Å². The molecule has 0 radical (unpaired) electrons. The van der Waals surface area contributed by atoms with Crippen LogP contribution >= 0.6 is 0 Å². The van der Waals surface area contributed by atoms with E-state index in [1.165, 1.54) is 24.5 Å². The molecule has 0 unspecified atom stereocenters. The molecular formula is C18H15F3N4O3S. The Labute approximate surface area is 165 Å². The molecule has 1 heterocycles. The van der Waals surface area contributed by atoms with Gasteiger partial charge in [-0.05, 0) is 36.2 Å². The predicted molar refractivity (Wildman–Crippen MR) is 101 cm³/mol. The van der Waals surface area contributed by atoms with Crippen LogP contribution < -0.4 is 10.1 Å². The van der Waals surface area contributed by atoms with Gasteiger partial charge in [-0.2, -0.15) is 4.98 Å². The number of hydrogen-bond donors (Lipinski definition) is 2. The Morgan fingerprint density at radius 1 is 1.03 bits per heavy atom. The maximum Gasteiger partial charge on any atom is 0.573 e. The summed E-state index contributed by atoms with van der Waals surface area (Å²) < 4.78 is 63.4. The van der Waals surface area contributed by atoms with Gasteiger partial charge in [-0.1, -0.05) is 24.3 Å². The molecule has 1 aromatic heterocycles. The van der Waals surface area contributed by atoms with Gasteiger partial charge in [0.2, 0.25) is 5.95 Å². The summed E-state index contributed by atoms with van der Waals surface area (Å²) in [6, 6.07) is 12.5. The summed E-state index contributed by atoms with van der Waals surface area (Å²) in [5, 5.41) is 2.93. The van der Waals surface area contributed by atoms with E-state index in [4.69, 9.17) is 0 Å². The van der Waals surface area contributed by atoms with Gasteiger partial charge >= 0.3 is 6.36 Å². The second-order valence-electron chi connectivity index (χ2n) is 5.81. The Morgan fingerprint density at radius 3 is 2.59 bits per heavy atom. The quantitative estimate of drug-likeness (QED) is 0.562. The average molecular weight is 424 g/mol. The highest BCUT2D eigenvalue weighted by Crippen LogP contribution is 2.32. The van der Waals surface area contributed by atoms with Crippen molar-refractivity contribution in [1.82, 2.24) is 15.0 Å². The van der Waals surface area contributed by atoms with Crippen molar-refractivity contribution in [2.75, 3.05) is 11.1 Å². The summed E-state index contributed by atoms with van der Waals surface area (Å²) in [7, 11) is -2.47. The molecule has 152 valence electrons. The highest BCUT2D eigenvalue weighted by atomic mass is 32.2. The van der Waals surface area contributed by atoms with Crippen molar-refractivity contribution in [3.8, 4) is 17.1 Å². The van der Waals surface area contributed by atoms with Crippen LogP contribution in [0, 0.1) is 0 Å². The van der Waals surface area contributed by atoms with E-state index in [1.54, 1.807) is 30.3 Å². The minimum atomic E-state index is -4.85. The monoisotopic (exact) mass is 424 g/mol. The SMILES string of the molecule is O=[SH](=O)CCc1cccc(Nc2ncnc(-c3ccccc3OC(F)(F)F)n2)c1. The van der Waals surface area contributed by atoms with E-state index >= 15 is 0 Å². The Balaban J connectivity index is 1.84. The lowest BCUT2D eigenvalue weighted by atomic mass is 10.1. The molecule has 29 heavy (non-hydrogen) atoms. The van der Waals surface area contributed by atoms with Crippen molar-refractivity contribution in [3.05, 3.63) is 60.4 Å². The summed E-state index contributed by atoms with van der Waals surface area (Å²) in [5.41, 5.74) is 1.45. The fourth-order valence-corrected chi connectivity index (χ4v) is 2.95. The number of nitrogens with zero attached hydrogens (tertiary/aromatic N) is 3. The fraction of sp³-hybridized carbons (Fsp3) is 0.167. The molecular weight excluding hydrogens is 409 g/mol. The van der Waals surface area contributed by atoms with Crippen molar-refractivity contribution in [2.24, 2.45) is 0 Å². The zero-order valence-electron chi connectivity index (χ0n) is 14.8. The van der Waals surface area contributed by atoms with Crippen LogP contribution in [0.5, 0.6) is 5.75 Å². The first-order valence-electron chi connectivity index (χ1n) is 8.32. The Morgan fingerprint density at radius 2 is 1.83 bits per heavy atom. The summed E-state index contributed by atoms with van der Waals surface area (Å²) in [4.78, 5) is 12.1. The lowest BCUT2D eigenvalue weighted by Crippen LogP contribution is -2.17. The van der Waals surface area contributed by atoms with Crippen molar-refractivity contribution >= 4 is 22.3 Å².